The summed E-state index contributed by atoms with van der Waals surface area (Å²) in [6.07, 6.45) is 6.49. The van der Waals surface area contributed by atoms with Crippen LogP contribution in [0.3, 0.4) is 0 Å². The van der Waals surface area contributed by atoms with Crippen molar-refractivity contribution in [1.82, 2.24) is 14.9 Å². The van der Waals surface area contributed by atoms with E-state index in [4.69, 9.17) is 4.74 Å². The first-order chi connectivity index (χ1) is 13.8. The van der Waals surface area contributed by atoms with Crippen molar-refractivity contribution in [2.75, 3.05) is 44.3 Å². The number of nitrogens with zero attached hydrogens (tertiary/aromatic N) is 4. The van der Waals surface area contributed by atoms with Gasteiger partial charge >= 0.3 is 0 Å². The van der Waals surface area contributed by atoms with Gasteiger partial charge in [-0.15, -0.1) is 0 Å². The molecule has 0 saturated carbocycles. The van der Waals surface area contributed by atoms with Crippen molar-refractivity contribution in [2.24, 2.45) is 5.92 Å². The molecule has 6 nitrogen and oxygen atoms in total. The van der Waals surface area contributed by atoms with Crippen LogP contribution in [-0.4, -0.2) is 65.5 Å². The number of aliphatic hydroxyl groups is 1. The van der Waals surface area contributed by atoms with E-state index in [-0.39, 0.29) is 6.10 Å². The monoisotopic (exact) mass is 382 g/mol. The van der Waals surface area contributed by atoms with E-state index in [1.165, 1.54) is 5.56 Å². The van der Waals surface area contributed by atoms with Gasteiger partial charge in [0.25, 0.3) is 0 Å². The standard InChI is InChI=1S/C22H30N4O2/c27-21(14-18-4-2-1-3-5-18)20-6-8-25(9-7-20)17-19-15-23-22(24-16-19)26-10-12-28-13-11-26/h1-5,15-16,20-21,27H,6-14,17H2. The summed E-state index contributed by atoms with van der Waals surface area (Å²) < 4.78 is 5.38. The molecular formula is C22H30N4O2. The molecule has 1 aromatic heterocycles. The molecule has 0 bridgehead atoms. The predicted molar refractivity (Wildman–Crippen MR) is 109 cm³/mol. The topological polar surface area (TPSA) is 61.7 Å². The maximum Gasteiger partial charge on any atom is 0.225 e. The molecule has 3 heterocycles. The molecule has 4 rings (SSSR count). The van der Waals surface area contributed by atoms with Crippen molar-refractivity contribution < 1.29 is 9.84 Å². The Balaban J connectivity index is 1.24. The van der Waals surface area contributed by atoms with Crippen molar-refractivity contribution in [2.45, 2.75) is 31.9 Å². The molecule has 2 aliphatic rings. The first-order valence-corrected chi connectivity index (χ1v) is 10.4. The van der Waals surface area contributed by atoms with Gasteiger partial charge in [0.2, 0.25) is 5.95 Å². The van der Waals surface area contributed by atoms with Crippen molar-refractivity contribution in [3.05, 3.63) is 53.9 Å². The van der Waals surface area contributed by atoms with E-state index in [1.807, 2.05) is 30.6 Å². The molecule has 1 N–H and O–H groups in total. The highest BCUT2D eigenvalue weighted by molar-refractivity contribution is 5.30. The van der Waals surface area contributed by atoms with Crippen LogP contribution in [0.5, 0.6) is 0 Å². The maximum absolute atomic E-state index is 10.6. The van der Waals surface area contributed by atoms with Crippen LogP contribution in [0, 0.1) is 5.92 Å². The zero-order valence-electron chi connectivity index (χ0n) is 16.4. The van der Waals surface area contributed by atoms with Crippen molar-refractivity contribution in [1.29, 1.82) is 0 Å². The summed E-state index contributed by atoms with van der Waals surface area (Å²) in [5.41, 5.74) is 2.37. The first kappa shape index (κ1) is 19.3. The number of anilines is 1. The highest BCUT2D eigenvalue weighted by atomic mass is 16.5. The molecule has 1 aromatic carbocycles. The minimum absolute atomic E-state index is 0.249. The van der Waals surface area contributed by atoms with Crippen LogP contribution in [-0.2, 0) is 17.7 Å². The molecule has 150 valence electrons. The van der Waals surface area contributed by atoms with E-state index in [0.29, 0.717) is 5.92 Å². The summed E-state index contributed by atoms with van der Waals surface area (Å²) in [5.74, 6) is 1.19. The van der Waals surface area contributed by atoms with Crippen LogP contribution in [0.2, 0.25) is 0 Å². The number of ether oxygens (including phenoxy) is 1. The smallest absolute Gasteiger partial charge is 0.225 e. The number of benzene rings is 1. The number of likely N-dealkylation sites (tertiary alicyclic amines) is 1. The SMILES string of the molecule is OC(Cc1ccccc1)C1CCN(Cc2cnc(N3CCOCC3)nc2)CC1. The number of piperidine rings is 1. The molecule has 0 radical (unpaired) electrons. The fraction of sp³-hybridized carbons (Fsp3) is 0.545. The second-order valence-electron chi connectivity index (χ2n) is 7.86. The van der Waals surface area contributed by atoms with Gasteiger partial charge in [-0.25, -0.2) is 9.97 Å². The second-order valence-corrected chi connectivity index (χ2v) is 7.86. The summed E-state index contributed by atoms with van der Waals surface area (Å²) in [7, 11) is 0. The van der Waals surface area contributed by atoms with Crippen molar-refractivity contribution >= 4 is 5.95 Å². The Morgan fingerprint density at radius 3 is 2.32 bits per heavy atom. The van der Waals surface area contributed by atoms with Gasteiger partial charge in [-0.2, -0.15) is 0 Å². The quantitative estimate of drug-likeness (QED) is 0.826. The first-order valence-electron chi connectivity index (χ1n) is 10.4. The van der Waals surface area contributed by atoms with Crippen LogP contribution >= 0.6 is 0 Å². The average Bonchev–Trinajstić information content (AvgIpc) is 2.76. The molecule has 6 heteroatoms. The lowest BCUT2D eigenvalue weighted by Gasteiger charge is -2.34. The Hall–Kier alpha value is -2.02. The van der Waals surface area contributed by atoms with Crippen molar-refractivity contribution in [3.8, 4) is 0 Å². The van der Waals surface area contributed by atoms with Crippen LogP contribution in [0.4, 0.5) is 5.95 Å². The third-order valence-corrected chi connectivity index (χ3v) is 5.86. The lowest BCUT2D eigenvalue weighted by molar-refractivity contribution is 0.0576. The van der Waals surface area contributed by atoms with Gasteiger partial charge in [-0.3, -0.25) is 4.90 Å². The minimum Gasteiger partial charge on any atom is -0.392 e. The van der Waals surface area contributed by atoms with Gasteiger partial charge in [0.05, 0.1) is 19.3 Å². The highest BCUT2D eigenvalue weighted by Crippen LogP contribution is 2.24. The maximum atomic E-state index is 10.6. The fourth-order valence-electron chi connectivity index (χ4n) is 4.13. The summed E-state index contributed by atoms with van der Waals surface area (Å²) in [5, 5.41) is 10.6. The molecule has 1 atom stereocenters. The Morgan fingerprint density at radius 1 is 0.964 bits per heavy atom. The third kappa shape index (κ3) is 5.07. The number of hydrogen-bond acceptors (Lipinski definition) is 6. The van der Waals surface area contributed by atoms with E-state index in [1.54, 1.807) is 0 Å². The Labute approximate surface area is 167 Å². The molecule has 0 aliphatic carbocycles. The molecule has 2 aromatic rings. The highest BCUT2D eigenvalue weighted by Gasteiger charge is 2.25. The van der Waals surface area contributed by atoms with E-state index in [9.17, 15) is 5.11 Å². The van der Waals surface area contributed by atoms with Gasteiger partial charge in [0.15, 0.2) is 0 Å². The van der Waals surface area contributed by atoms with Crippen LogP contribution < -0.4 is 4.90 Å². The lowest BCUT2D eigenvalue weighted by atomic mass is 9.88. The van der Waals surface area contributed by atoms with Gasteiger partial charge in [0, 0.05) is 37.6 Å². The Bertz CT molecular complexity index is 711. The number of rotatable bonds is 6. The Morgan fingerprint density at radius 2 is 1.64 bits per heavy atom. The largest absolute Gasteiger partial charge is 0.392 e. The molecule has 28 heavy (non-hydrogen) atoms. The van der Waals surface area contributed by atoms with E-state index >= 15 is 0 Å². The van der Waals surface area contributed by atoms with E-state index in [0.717, 1.165) is 76.7 Å². The van der Waals surface area contributed by atoms with Crippen LogP contribution in [0.1, 0.15) is 24.0 Å². The predicted octanol–water partition coefficient (Wildman–Crippen LogP) is 2.13. The number of hydrogen-bond donors (Lipinski definition) is 1. The normalized spacial score (nSPS) is 20.2. The molecular weight excluding hydrogens is 352 g/mol. The van der Waals surface area contributed by atoms with Gasteiger partial charge in [-0.05, 0) is 43.8 Å². The van der Waals surface area contributed by atoms with Crippen molar-refractivity contribution in [3.63, 3.8) is 0 Å². The van der Waals surface area contributed by atoms with E-state index < -0.39 is 0 Å². The number of aliphatic hydroxyl groups excluding tert-OH is 1. The third-order valence-electron chi connectivity index (χ3n) is 5.86. The van der Waals surface area contributed by atoms with Gasteiger partial charge < -0.3 is 14.7 Å². The van der Waals surface area contributed by atoms with Crippen LogP contribution in [0.25, 0.3) is 0 Å². The molecule has 2 fully saturated rings. The number of morpholine rings is 1. The fourth-order valence-corrected chi connectivity index (χ4v) is 4.13. The average molecular weight is 383 g/mol. The van der Waals surface area contributed by atoms with Gasteiger partial charge in [0.1, 0.15) is 0 Å². The molecule has 0 amide bonds. The second kappa shape index (κ2) is 9.45. The summed E-state index contributed by atoms with van der Waals surface area (Å²) >= 11 is 0. The zero-order chi connectivity index (χ0) is 19.2. The zero-order valence-corrected chi connectivity index (χ0v) is 16.4. The van der Waals surface area contributed by atoms with Gasteiger partial charge in [-0.1, -0.05) is 30.3 Å². The number of aromatic nitrogens is 2. The minimum atomic E-state index is -0.249. The molecule has 1 unspecified atom stereocenters. The lowest BCUT2D eigenvalue weighted by Crippen LogP contribution is -2.38. The molecule has 0 spiro atoms. The van der Waals surface area contributed by atoms with E-state index in [2.05, 4.69) is 31.9 Å². The summed E-state index contributed by atoms with van der Waals surface area (Å²) in [4.78, 5) is 13.7. The molecule has 2 saturated heterocycles. The van der Waals surface area contributed by atoms with Crippen LogP contribution in [0.15, 0.2) is 42.7 Å². The Kier molecular flexibility index (Phi) is 6.52. The summed E-state index contributed by atoms with van der Waals surface area (Å²) in [6, 6.07) is 10.3. The summed E-state index contributed by atoms with van der Waals surface area (Å²) in [6.45, 7) is 6.12. The molecule has 2 aliphatic heterocycles.